The smallest absolute Gasteiger partial charge is 0.240 e. The Balaban J connectivity index is 1.74. The first-order valence-electron chi connectivity index (χ1n) is 8.58. The number of nitrogens with one attached hydrogen (secondary N) is 1. The van der Waals surface area contributed by atoms with E-state index in [0.717, 1.165) is 23.6 Å². The summed E-state index contributed by atoms with van der Waals surface area (Å²) >= 11 is 0. The van der Waals surface area contributed by atoms with Crippen molar-refractivity contribution >= 4 is 15.9 Å². The molecule has 1 saturated heterocycles. The molecule has 0 bridgehead atoms. The zero-order chi connectivity index (χ0) is 19.4. The highest BCUT2D eigenvalue weighted by atomic mass is 32.2. The minimum atomic E-state index is -3.89. The number of nitrogens with zero attached hydrogens (tertiary/aromatic N) is 1. The second-order valence-corrected chi connectivity index (χ2v) is 8.08. The molecule has 1 fully saturated rings. The summed E-state index contributed by atoms with van der Waals surface area (Å²) in [5.41, 5.74) is 1.66. The van der Waals surface area contributed by atoms with E-state index in [4.69, 9.17) is 4.74 Å². The standard InChI is InChI=1S/C19H21FN2O4S/c1-26-18-9-8-16(11-17(18)20)27(24,25)21-12-14-5-2-3-6-15(14)13-22-10-4-7-19(22)23/h2-3,5-6,8-9,11,21H,4,7,10,12-13H2,1H3. The third kappa shape index (κ3) is 4.45. The highest BCUT2D eigenvalue weighted by Gasteiger charge is 2.22. The second kappa shape index (κ2) is 8.06. The van der Waals surface area contributed by atoms with Gasteiger partial charge in [0.2, 0.25) is 15.9 Å². The van der Waals surface area contributed by atoms with Gasteiger partial charge in [0.25, 0.3) is 0 Å². The Kier molecular flexibility index (Phi) is 5.76. The first kappa shape index (κ1) is 19.3. The van der Waals surface area contributed by atoms with Crippen LogP contribution < -0.4 is 9.46 Å². The number of halogens is 1. The van der Waals surface area contributed by atoms with Gasteiger partial charge in [-0.2, -0.15) is 0 Å². The van der Waals surface area contributed by atoms with Crippen LogP contribution in [0.5, 0.6) is 5.75 Å². The van der Waals surface area contributed by atoms with Crippen molar-refractivity contribution in [1.29, 1.82) is 0 Å². The molecule has 1 aliphatic heterocycles. The molecule has 0 unspecified atom stereocenters. The molecule has 2 aromatic rings. The number of benzene rings is 2. The van der Waals surface area contributed by atoms with Crippen LogP contribution in [0.2, 0.25) is 0 Å². The Morgan fingerprint density at radius 1 is 1.19 bits per heavy atom. The Hall–Kier alpha value is -2.45. The average Bonchev–Trinajstić information content (AvgIpc) is 3.05. The van der Waals surface area contributed by atoms with E-state index >= 15 is 0 Å². The van der Waals surface area contributed by atoms with Gasteiger partial charge in [-0.25, -0.2) is 17.5 Å². The number of carbonyl (C=O) groups excluding carboxylic acids is 1. The van der Waals surface area contributed by atoms with E-state index in [1.165, 1.54) is 19.2 Å². The molecular formula is C19H21FN2O4S. The molecule has 2 aromatic carbocycles. The lowest BCUT2D eigenvalue weighted by Gasteiger charge is -2.18. The quantitative estimate of drug-likeness (QED) is 0.785. The maximum atomic E-state index is 13.8. The number of carbonyl (C=O) groups is 1. The van der Waals surface area contributed by atoms with E-state index in [0.29, 0.717) is 19.5 Å². The molecule has 3 rings (SSSR count). The summed E-state index contributed by atoms with van der Waals surface area (Å²) in [7, 11) is -2.57. The summed E-state index contributed by atoms with van der Waals surface area (Å²) in [6.07, 6.45) is 1.40. The summed E-state index contributed by atoms with van der Waals surface area (Å²) in [4.78, 5) is 13.4. The van der Waals surface area contributed by atoms with Crippen molar-refractivity contribution < 1.29 is 22.3 Å². The summed E-state index contributed by atoms with van der Waals surface area (Å²) in [6.45, 7) is 1.21. The van der Waals surface area contributed by atoms with Crippen LogP contribution in [0, 0.1) is 5.82 Å². The number of sulfonamides is 1. The lowest BCUT2D eigenvalue weighted by atomic mass is 10.1. The monoisotopic (exact) mass is 392 g/mol. The van der Waals surface area contributed by atoms with E-state index < -0.39 is 15.8 Å². The van der Waals surface area contributed by atoms with Crippen LogP contribution in [0.4, 0.5) is 4.39 Å². The molecule has 6 nitrogen and oxygen atoms in total. The van der Waals surface area contributed by atoms with Crippen LogP contribution in [0.25, 0.3) is 0 Å². The fourth-order valence-corrected chi connectivity index (χ4v) is 4.05. The van der Waals surface area contributed by atoms with Crippen molar-refractivity contribution in [2.24, 2.45) is 0 Å². The van der Waals surface area contributed by atoms with E-state index in [9.17, 15) is 17.6 Å². The highest BCUT2D eigenvalue weighted by molar-refractivity contribution is 7.89. The number of rotatable bonds is 7. The summed E-state index contributed by atoms with van der Waals surface area (Å²) in [5.74, 6) is -0.651. The van der Waals surface area contributed by atoms with Gasteiger partial charge in [-0.3, -0.25) is 4.79 Å². The molecular weight excluding hydrogens is 371 g/mol. The van der Waals surface area contributed by atoms with E-state index in [2.05, 4.69) is 4.72 Å². The molecule has 0 atom stereocenters. The number of likely N-dealkylation sites (tertiary alicyclic amines) is 1. The van der Waals surface area contributed by atoms with Gasteiger partial charge < -0.3 is 9.64 Å². The minimum Gasteiger partial charge on any atom is -0.494 e. The van der Waals surface area contributed by atoms with Gasteiger partial charge in [-0.1, -0.05) is 24.3 Å². The molecule has 1 N–H and O–H groups in total. The predicted octanol–water partition coefficient (Wildman–Crippen LogP) is 2.44. The first-order valence-corrected chi connectivity index (χ1v) is 10.1. The first-order chi connectivity index (χ1) is 12.9. The van der Waals surface area contributed by atoms with Gasteiger partial charge in [0.15, 0.2) is 11.6 Å². The number of hydrogen-bond acceptors (Lipinski definition) is 4. The van der Waals surface area contributed by atoms with Gasteiger partial charge in [0.05, 0.1) is 12.0 Å². The van der Waals surface area contributed by atoms with Crippen molar-refractivity contribution in [1.82, 2.24) is 9.62 Å². The molecule has 1 amide bonds. The Morgan fingerprint density at radius 3 is 2.56 bits per heavy atom. The van der Waals surface area contributed by atoms with E-state index in [1.54, 1.807) is 4.90 Å². The Bertz CT molecular complexity index is 946. The van der Waals surface area contributed by atoms with Crippen molar-refractivity contribution in [3.8, 4) is 5.75 Å². The van der Waals surface area contributed by atoms with Crippen molar-refractivity contribution in [2.45, 2.75) is 30.8 Å². The molecule has 1 aliphatic rings. The predicted molar refractivity (Wildman–Crippen MR) is 98.1 cm³/mol. The van der Waals surface area contributed by atoms with Crippen molar-refractivity contribution in [3.05, 3.63) is 59.4 Å². The molecule has 0 aromatic heterocycles. The molecule has 27 heavy (non-hydrogen) atoms. The summed E-state index contributed by atoms with van der Waals surface area (Å²) in [5, 5.41) is 0. The zero-order valence-electron chi connectivity index (χ0n) is 14.9. The van der Waals surface area contributed by atoms with Crippen molar-refractivity contribution in [2.75, 3.05) is 13.7 Å². The number of ether oxygens (including phenoxy) is 1. The summed E-state index contributed by atoms with van der Waals surface area (Å²) < 4.78 is 46.1. The third-order valence-corrected chi connectivity index (χ3v) is 5.94. The van der Waals surface area contributed by atoms with Crippen LogP contribution in [0.15, 0.2) is 47.4 Å². The number of hydrogen-bond donors (Lipinski definition) is 1. The Labute approximate surface area is 158 Å². The molecule has 8 heteroatoms. The lowest BCUT2D eigenvalue weighted by molar-refractivity contribution is -0.128. The molecule has 144 valence electrons. The minimum absolute atomic E-state index is 0.0189. The third-order valence-electron chi connectivity index (χ3n) is 4.54. The molecule has 0 spiro atoms. The maximum Gasteiger partial charge on any atom is 0.240 e. The van der Waals surface area contributed by atoms with E-state index in [-0.39, 0.29) is 23.1 Å². The average molecular weight is 392 g/mol. The largest absolute Gasteiger partial charge is 0.494 e. The number of amides is 1. The molecule has 1 heterocycles. The van der Waals surface area contributed by atoms with Gasteiger partial charge in [-0.05, 0) is 35.7 Å². The fourth-order valence-electron chi connectivity index (χ4n) is 3.03. The summed E-state index contributed by atoms with van der Waals surface area (Å²) in [6, 6.07) is 10.8. The zero-order valence-corrected chi connectivity index (χ0v) is 15.8. The fraction of sp³-hybridized carbons (Fsp3) is 0.316. The second-order valence-electron chi connectivity index (χ2n) is 6.31. The lowest BCUT2D eigenvalue weighted by Crippen LogP contribution is -2.27. The molecule has 0 saturated carbocycles. The topological polar surface area (TPSA) is 75.7 Å². The van der Waals surface area contributed by atoms with Crippen LogP contribution in [-0.2, 0) is 27.9 Å². The molecule has 0 aliphatic carbocycles. The van der Waals surface area contributed by atoms with E-state index in [1.807, 2.05) is 24.3 Å². The van der Waals surface area contributed by atoms with Gasteiger partial charge >= 0.3 is 0 Å². The molecule has 0 radical (unpaired) electrons. The highest BCUT2D eigenvalue weighted by Crippen LogP contribution is 2.21. The van der Waals surface area contributed by atoms with Gasteiger partial charge in [-0.15, -0.1) is 0 Å². The van der Waals surface area contributed by atoms with Crippen LogP contribution in [0.1, 0.15) is 24.0 Å². The van der Waals surface area contributed by atoms with Gasteiger partial charge in [0, 0.05) is 26.1 Å². The van der Waals surface area contributed by atoms with Crippen LogP contribution in [0.3, 0.4) is 0 Å². The van der Waals surface area contributed by atoms with Crippen LogP contribution in [-0.4, -0.2) is 32.9 Å². The van der Waals surface area contributed by atoms with Crippen LogP contribution >= 0.6 is 0 Å². The van der Waals surface area contributed by atoms with Crippen molar-refractivity contribution in [3.63, 3.8) is 0 Å². The maximum absolute atomic E-state index is 13.8. The Morgan fingerprint density at radius 2 is 1.93 bits per heavy atom. The number of methoxy groups -OCH3 is 1. The van der Waals surface area contributed by atoms with Gasteiger partial charge in [0.1, 0.15) is 0 Å². The SMILES string of the molecule is COc1ccc(S(=O)(=O)NCc2ccccc2CN2CCCC2=O)cc1F. The normalized spacial score (nSPS) is 14.6.